The van der Waals surface area contributed by atoms with Crippen LogP contribution >= 0.6 is 0 Å². The molecule has 0 saturated carbocycles. The van der Waals surface area contributed by atoms with Gasteiger partial charge in [0.25, 0.3) is 0 Å². The van der Waals surface area contributed by atoms with Crippen LogP contribution in [0.2, 0.25) is 0 Å². The molecule has 0 aromatic heterocycles. The topological polar surface area (TPSA) is 38.3 Å². The van der Waals surface area contributed by atoms with E-state index in [1.165, 1.54) is 18.2 Å². The first kappa shape index (κ1) is 13.3. The van der Waals surface area contributed by atoms with Gasteiger partial charge in [0.15, 0.2) is 0 Å². The molecule has 17 heavy (non-hydrogen) atoms. The lowest BCUT2D eigenvalue weighted by Crippen LogP contribution is -2.20. The third-order valence-corrected chi connectivity index (χ3v) is 2.17. The van der Waals surface area contributed by atoms with E-state index in [1.807, 2.05) is 6.92 Å². The highest BCUT2D eigenvalue weighted by atomic mass is 19.4. The van der Waals surface area contributed by atoms with Crippen LogP contribution in [-0.4, -0.2) is 12.8 Å². The molecule has 0 spiro atoms. The van der Waals surface area contributed by atoms with Crippen LogP contribution in [0.3, 0.4) is 0 Å². The van der Waals surface area contributed by atoms with Crippen molar-refractivity contribution < 1.29 is 22.7 Å². The number of rotatable bonds is 5. The number of nitrogens with one attached hydrogen (secondary N) is 1. The summed E-state index contributed by atoms with van der Waals surface area (Å²) in [6, 6.07) is 5.24. The Labute approximate surface area is 96.6 Å². The summed E-state index contributed by atoms with van der Waals surface area (Å²) in [5.74, 6) is -0.291. The van der Waals surface area contributed by atoms with Crippen molar-refractivity contribution in [3.05, 3.63) is 29.8 Å². The Hall–Kier alpha value is -1.72. The normalized spacial score (nSPS) is 12.9. The number of hydrogen-bond acceptors (Lipinski definition) is 2. The first-order valence-electron chi connectivity index (χ1n) is 5.01. The first-order chi connectivity index (χ1) is 7.96. The quantitative estimate of drug-likeness (QED) is 0.812. The number of hydrogen-bond donors (Lipinski definition) is 1. The number of halogens is 3. The van der Waals surface area contributed by atoms with Gasteiger partial charge in [0.2, 0.25) is 6.41 Å². The van der Waals surface area contributed by atoms with Gasteiger partial charge in [-0.2, -0.15) is 0 Å². The summed E-state index contributed by atoms with van der Waals surface area (Å²) in [6.07, 6.45) is -3.61. The fourth-order valence-corrected chi connectivity index (χ4v) is 1.46. The molecule has 0 saturated heterocycles. The van der Waals surface area contributed by atoms with Gasteiger partial charge in [-0.05, 0) is 24.1 Å². The molecule has 0 aliphatic rings. The Morgan fingerprint density at radius 2 is 2.18 bits per heavy atom. The standard InChI is InChI=1S/C11H12F3NO2/c1-2-10(15-7-16)8-4-3-5-9(6-8)17-11(12,13)14/h3-7,10H,2H2,1H3,(H,15,16). The van der Waals surface area contributed by atoms with Crippen LogP contribution in [-0.2, 0) is 4.79 Å². The second-order valence-corrected chi connectivity index (χ2v) is 3.37. The van der Waals surface area contributed by atoms with Crippen molar-refractivity contribution >= 4 is 6.41 Å². The van der Waals surface area contributed by atoms with Gasteiger partial charge in [-0.1, -0.05) is 19.1 Å². The van der Waals surface area contributed by atoms with E-state index in [0.717, 1.165) is 0 Å². The predicted octanol–water partition coefficient (Wildman–Crippen LogP) is 2.78. The lowest BCUT2D eigenvalue weighted by molar-refractivity contribution is -0.274. The zero-order valence-electron chi connectivity index (χ0n) is 9.12. The van der Waals surface area contributed by atoms with E-state index in [0.29, 0.717) is 18.4 Å². The predicted molar refractivity (Wildman–Crippen MR) is 55.4 cm³/mol. The van der Waals surface area contributed by atoms with Gasteiger partial charge >= 0.3 is 6.36 Å². The molecule has 1 amide bonds. The van der Waals surface area contributed by atoms with E-state index in [1.54, 1.807) is 6.07 Å². The fraction of sp³-hybridized carbons (Fsp3) is 0.364. The van der Waals surface area contributed by atoms with Crippen LogP contribution in [0.15, 0.2) is 24.3 Å². The first-order valence-corrected chi connectivity index (χ1v) is 5.01. The molecule has 94 valence electrons. The second kappa shape index (κ2) is 5.56. The lowest BCUT2D eigenvalue weighted by Gasteiger charge is -2.16. The van der Waals surface area contributed by atoms with Gasteiger partial charge in [0.1, 0.15) is 5.75 Å². The van der Waals surface area contributed by atoms with Crippen LogP contribution in [0, 0.1) is 0 Å². The van der Waals surface area contributed by atoms with Crippen molar-refractivity contribution in [1.82, 2.24) is 5.32 Å². The molecule has 3 nitrogen and oxygen atoms in total. The van der Waals surface area contributed by atoms with Crippen LogP contribution in [0.5, 0.6) is 5.75 Å². The minimum atomic E-state index is -4.71. The number of carbonyl (C=O) groups excluding carboxylic acids is 1. The van der Waals surface area contributed by atoms with Crippen LogP contribution < -0.4 is 10.1 Å². The summed E-state index contributed by atoms with van der Waals surface area (Å²) in [5, 5.41) is 2.52. The van der Waals surface area contributed by atoms with Crippen molar-refractivity contribution in [2.75, 3.05) is 0 Å². The van der Waals surface area contributed by atoms with Crippen molar-refractivity contribution in [3.63, 3.8) is 0 Å². The maximum absolute atomic E-state index is 12.0. The van der Waals surface area contributed by atoms with Crippen LogP contribution in [0.1, 0.15) is 24.9 Å². The molecule has 0 bridgehead atoms. The Bertz CT molecular complexity index is 379. The largest absolute Gasteiger partial charge is 0.573 e. The summed E-state index contributed by atoms with van der Waals surface area (Å²) < 4.78 is 39.8. The molecule has 1 N–H and O–H groups in total. The zero-order chi connectivity index (χ0) is 12.9. The molecule has 0 aliphatic carbocycles. The molecule has 0 aliphatic heterocycles. The van der Waals surface area contributed by atoms with Crippen molar-refractivity contribution in [3.8, 4) is 5.75 Å². The molecule has 1 unspecified atom stereocenters. The molecule has 0 heterocycles. The third-order valence-electron chi connectivity index (χ3n) is 2.17. The van der Waals surface area contributed by atoms with Gasteiger partial charge < -0.3 is 10.1 Å². The fourth-order valence-electron chi connectivity index (χ4n) is 1.46. The highest BCUT2D eigenvalue weighted by Crippen LogP contribution is 2.26. The number of alkyl halides is 3. The van der Waals surface area contributed by atoms with Crippen LogP contribution in [0.4, 0.5) is 13.2 Å². The molecular formula is C11H12F3NO2. The number of carbonyl (C=O) groups is 1. The summed E-state index contributed by atoms with van der Waals surface area (Å²) >= 11 is 0. The summed E-state index contributed by atoms with van der Waals surface area (Å²) in [4.78, 5) is 10.3. The van der Waals surface area contributed by atoms with Gasteiger partial charge in [-0.25, -0.2) is 0 Å². The number of amides is 1. The smallest absolute Gasteiger partial charge is 0.406 e. The number of ether oxygens (including phenoxy) is 1. The maximum atomic E-state index is 12.0. The maximum Gasteiger partial charge on any atom is 0.573 e. The van der Waals surface area contributed by atoms with Gasteiger partial charge in [0, 0.05) is 0 Å². The third kappa shape index (κ3) is 4.34. The molecule has 1 aromatic rings. The lowest BCUT2D eigenvalue weighted by atomic mass is 10.0. The number of benzene rings is 1. The van der Waals surface area contributed by atoms with Gasteiger partial charge in [0.05, 0.1) is 6.04 Å². The minimum absolute atomic E-state index is 0.291. The van der Waals surface area contributed by atoms with Crippen molar-refractivity contribution in [1.29, 1.82) is 0 Å². The molecule has 6 heteroatoms. The monoisotopic (exact) mass is 247 g/mol. The average Bonchev–Trinajstić information content (AvgIpc) is 2.24. The molecule has 1 atom stereocenters. The second-order valence-electron chi connectivity index (χ2n) is 3.37. The van der Waals surface area contributed by atoms with E-state index in [-0.39, 0.29) is 11.8 Å². The van der Waals surface area contributed by atoms with Crippen molar-refractivity contribution in [2.45, 2.75) is 25.7 Å². The van der Waals surface area contributed by atoms with E-state index in [2.05, 4.69) is 10.1 Å². The van der Waals surface area contributed by atoms with E-state index in [9.17, 15) is 18.0 Å². The van der Waals surface area contributed by atoms with Crippen LogP contribution in [0.25, 0.3) is 0 Å². The Balaban J connectivity index is 2.87. The van der Waals surface area contributed by atoms with Gasteiger partial charge in [-0.3, -0.25) is 4.79 Å². The average molecular weight is 247 g/mol. The molecule has 0 radical (unpaired) electrons. The van der Waals surface area contributed by atoms with E-state index >= 15 is 0 Å². The summed E-state index contributed by atoms with van der Waals surface area (Å²) in [7, 11) is 0. The van der Waals surface area contributed by atoms with Crippen molar-refractivity contribution in [2.24, 2.45) is 0 Å². The van der Waals surface area contributed by atoms with E-state index < -0.39 is 6.36 Å². The molecule has 0 fully saturated rings. The van der Waals surface area contributed by atoms with Gasteiger partial charge in [-0.15, -0.1) is 13.2 Å². The molecule has 1 rings (SSSR count). The highest BCUT2D eigenvalue weighted by molar-refractivity contribution is 5.48. The minimum Gasteiger partial charge on any atom is -0.406 e. The SMILES string of the molecule is CCC(NC=O)c1cccc(OC(F)(F)F)c1. The summed E-state index contributed by atoms with van der Waals surface area (Å²) in [6.45, 7) is 1.82. The Morgan fingerprint density at radius 3 is 2.71 bits per heavy atom. The van der Waals surface area contributed by atoms with E-state index in [4.69, 9.17) is 0 Å². The zero-order valence-corrected chi connectivity index (χ0v) is 9.12. The Morgan fingerprint density at radius 1 is 1.47 bits per heavy atom. The Kier molecular flexibility index (Phi) is 4.37. The molecule has 1 aromatic carbocycles. The summed E-state index contributed by atoms with van der Waals surface area (Å²) in [5.41, 5.74) is 0.571. The molecular weight excluding hydrogens is 235 g/mol. The highest BCUT2D eigenvalue weighted by Gasteiger charge is 2.31.